The molecule has 0 bridgehead atoms. The summed E-state index contributed by atoms with van der Waals surface area (Å²) in [7, 11) is 0. The molecule has 2 N–H and O–H groups in total. The molecule has 4 rings (SSSR count). The molecule has 1 amide bonds. The Labute approximate surface area is 161 Å². The molecule has 2 atom stereocenters. The first-order valence-electron chi connectivity index (χ1n) is 9.13. The molecule has 8 nitrogen and oxygen atoms in total. The van der Waals surface area contributed by atoms with Crippen LogP contribution in [0, 0.1) is 12.7 Å². The Kier molecular flexibility index (Phi) is 4.96. The molecule has 0 aliphatic heterocycles. The summed E-state index contributed by atoms with van der Waals surface area (Å²) < 4.78 is 14.5. The van der Waals surface area contributed by atoms with Gasteiger partial charge < -0.3 is 10.6 Å². The van der Waals surface area contributed by atoms with Gasteiger partial charge in [0.2, 0.25) is 0 Å². The number of hydrogen-bond donors (Lipinski definition) is 2. The fourth-order valence-electron chi connectivity index (χ4n) is 3.45. The summed E-state index contributed by atoms with van der Waals surface area (Å²) in [6, 6.07) is 4.26. The third kappa shape index (κ3) is 3.68. The van der Waals surface area contributed by atoms with E-state index in [9.17, 15) is 9.18 Å². The van der Waals surface area contributed by atoms with Gasteiger partial charge in [-0.15, -0.1) is 0 Å². The highest BCUT2D eigenvalue weighted by molar-refractivity contribution is 5.98. The molecule has 144 valence electrons. The zero-order valence-electron chi connectivity index (χ0n) is 15.3. The summed E-state index contributed by atoms with van der Waals surface area (Å²) in [5.74, 6) is -0.442. The van der Waals surface area contributed by atoms with Crippen molar-refractivity contribution in [3.05, 3.63) is 60.1 Å². The number of nitrogens with zero attached hydrogens (tertiary/aromatic N) is 5. The molecule has 1 aliphatic carbocycles. The fraction of sp³-hybridized carbons (Fsp3) is 0.316. The number of carbonyl (C=O) groups is 1. The number of nitrogens with one attached hydrogen (secondary N) is 2. The second kappa shape index (κ2) is 7.71. The van der Waals surface area contributed by atoms with Crippen LogP contribution >= 0.6 is 0 Å². The van der Waals surface area contributed by atoms with Crippen LogP contribution in [-0.4, -0.2) is 43.0 Å². The quantitative estimate of drug-likeness (QED) is 0.704. The number of hydrogen-bond acceptors (Lipinski definition) is 6. The van der Waals surface area contributed by atoms with E-state index in [0.29, 0.717) is 11.5 Å². The van der Waals surface area contributed by atoms with Crippen LogP contribution in [0.2, 0.25) is 0 Å². The molecule has 0 saturated heterocycles. The lowest BCUT2D eigenvalue weighted by molar-refractivity contribution is 0.0931. The van der Waals surface area contributed by atoms with Crippen LogP contribution in [0.1, 0.15) is 35.3 Å². The summed E-state index contributed by atoms with van der Waals surface area (Å²) in [6.07, 6.45) is 8.95. The van der Waals surface area contributed by atoms with Crippen molar-refractivity contribution in [1.82, 2.24) is 30.3 Å². The topological polar surface area (TPSA) is 97.6 Å². The van der Waals surface area contributed by atoms with Crippen molar-refractivity contribution in [3.8, 4) is 5.69 Å². The number of halogens is 1. The van der Waals surface area contributed by atoms with Gasteiger partial charge >= 0.3 is 0 Å². The first-order chi connectivity index (χ1) is 13.6. The van der Waals surface area contributed by atoms with Gasteiger partial charge in [0, 0.05) is 12.1 Å². The Morgan fingerprint density at radius 1 is 1.14 bits per heavy atom. The Balaban J connectivity index is 1.52. The highest BCUT2D eigenvalue weighted by atomic mass is 19.1. The predicted octanol–water partition coefficient (Wildman–Crippen LogP) is 2.27. The first kappa shape index (κ1) is 18.0. The monoisotopic (exact) mass is 381 g/mol. The molecule has 0 radical (unpaired) electrons. The molecule has 1 aromatic carbocycles. The molecule has 9 heteroatoms. The maximum Gasteiger partial charge on any atom is 0.256 e. The number of carbonyl (C=O) groups excluding carboxylic acids is 1. The minimum absolute atomic E-state index is 0.000919. The van der Waals surface area contributed by atoms with E-state index in [2.05, 4.69) is 30.8 Å². The number of anilines is 1. The smallest absolute Gasteiger partial charge is 0.256 e. The van der Waals surface area contributed by atoms with Crippen molar-refractivity contribution in [1.29, 1.82) is 0 Å². The van der Waals surface area contributed by atoms with Crippen molar-refractivity contribution < 1.29 is 9.18 Å². The highest BCUT2D eigenvalue weighted by Crippen LogP contribution is 2.24. The van der Waals surface area contributed by atoms with Gasteiger partial charge in [-0.05, 0) is 38.3 Å². The van der Waals surface area contributed by atoms with Crippen molar-refractivity contribution in [2.24, 2.45) is 0 Å². The minimum Gasteiger partial charge on any atom is -0.364 e. The van der Waals surface area contributed by atoms with E-state index in [0.717, 1.165) is 25.0 Å². The SMILES string of the molecule is Cc1cnc(N[C@H]2CCC[C@@H]2NC(=O)c2c(F)cccc2-n2nccn2)cn1. The number of benzene rings is 1. The summed E-state index contributed by atoms with van der Waals surface area (Å²) in [6.45, 7) is 1.87. The van der Waals surface area contributed by atoms with Crippen molar-refractivity contribution in [2.75, 3.05) is 5.32 Å². The van der Waals surface area contributed by atoms with Crippen LogP contribution in [0.25, 0.3) is 5.69 Å². The van der Waals surface area contributed by atoms with E-state index in [1.807, 2.05) is 6.92 Å². The maximum atomic E-state index is 14.5. The van der Waals surface area contributed by atoms with E-state index in [1.165, 1.54) is 29.3 Å². The van der Waals surface area contributed by atoms with Gasteiger partial charge in [-0.25, -0.2) is 9.37 Å². The molecule has 2 heterocycles. The molecule has 28 heavy (non-hydrogen) atoms. The van der Waals surface area contributed by atoms with Crippen LogP contribution in [0.4, 0.5) is 10.2 Å². The summed E-state index contributed by atoms with van der Waals surface area (Å²) >= 11 is 0. The van der Waals surface area contributed by atoms with Crippen LogP contribution in [-0.2, 0) is 0 Å². The first-order valence-corrected chi connectivity index (χ1v) is 9.13. The van der Waals surface area contributed by atoms with E-state index in [-0.39, 0.29) is 17.6 Å². The number of rotatable bonds is 5. The zero-order chi connectivity index (χ0) is 19.5. The third-order valence-corrected chi connectivity index (χ3v) is 4.80. The van der Waals surface area contributed by atoms with Gasteiger partial charge in [-0.3, -0.25) is 9.78 Å². The lowest BCUT2D eigenvalue weighted by atomic mass is 10.1. The van der Waals surface area contributed by atoms with Crippen molar-refractivity contribution >= 4 is 11.7 Å². The number of aryl methyl sites for hydroxylation is 1. The Hall–Kier alpha value is -3.36. The second-order valence-electron chi connectivity index (χ2n) is 6.76. The molecule has 1 saturated carbocycles. The predicted molar refractivity (Wildman–Crippen MR) is 101 cm³/mol. The van der Waals surface area contributed by atoms with E-state index >= 15 is 0 Å². The molecule has 3 aromatic rings. The average Bonchev–Trinajstić information content (AvgIpc) is 3.36. The van der Waals surface area contributed by atoms with Gasteiger partial charge in [0.05, 0.1) is 30.5 Å². The van der Waals surface area contributed by atoms with Crippen LogP contribution in [0.3, 0.4) is 0 Å². The van der Waals surface area contributed by atoms with Gasteiger partial charge in [0.15, 0.2) is 0 Å². The normalized spacial score (nSPS) is 18.8. The largest absolute Gasteiger partial charge is 0.364 e. The lowest BCUT2D eigenvalue weighted by Gasteiger charge is -2.23. The van der Waals surface area contributed by atoms with Crippen LogP contribution < -0.4 is 10.6 Å². The molecule has 2 aromatic heterocycles. The highest BCUT2D eigenvalue weighted by Gasteiger charge is 2.30. The molecule has 1 fully saturated rings. The van der Waals surface area contributed by atoms with Gasteiger partial charge in [0.1, 0.15) is 22.9 Å². The van der Waals surface area contributed by atoms with Crippen molar-refractivity contribution in [3.63, 3.8) is 0 Å². The zero-order valence-corrected chi connectivity index (χ0v) is 15.3. The van der Waals surface area contributed by atoms with Gasteiger partial charge in [-0.1, -0.05) is 6.07 Å². The van der Waals surface area contributed by atoms with E-state index in [1.54, 1.807) is 18.5 Å². The molecule has 0 unspecified atom stereocenters. The summed E-state index contributed by atoms with van der Waals surface area (Å²) in [4.78, 5) is 22.7. The second-order valence-corrected chi connectivity index (χ2v) is 6.76. The summed E-state index contributed by atoms with van der Waals surface area (Å²) in [5.41, 5.74) is 1.06. The fourth-order valence-corrected chi connectivity index (χ4v) is 3.45. The summed E-state index contributed by atoms with van der Waals surface area (Å²) in [5, 5.41) is 14.3. The average molecular weight is 381 g/mol. The third-order valence-electron chi connectivity index (χ3n) is 4.80. The molecule has 1 aliphatic rings. The van der Waals surface area contributed by atoms with Gasteiger partial charge in [-0.2, -0.15) is 15.0 Å². The van der Waals surface area contributed by atoms with E-state index < -0.39 is 11.7 Å². The van der Waals surface area contributed by atoms with E-state index in [4.69, 9.17) is 0 Å². The lowest BCUT2D eigenvalue weighted by Crippen LogP contribution is -2.44. The van der Waals surface area contributed by atoms with Gasteiger partial charge in [0.25, 0.3) is 5.91 Å². The number of aromatic nitrogens is 5. The number of amides is 1. The standard InChI is InChI=1S/C19H20FN7O/c1-12-10-22-17(11-21-12)25-14-5-3-6-15(14)26-19(28)18-13(20)4-2-7-16(18)27-23-8-9-24-27/h2,4,7-11,14-15H,3,5-6H2,1H3,(H,22,25)(H,26,28)/t14-,15-/m0/s1. The Morgan fingerprint density at radius 3 is 2.68 bits per heavy atom. The van der Waals surface area contributed by atoms with Crippen LogP contribution in [0.5, 0.6) is 0 Å². The molecule has 0 spiro atoms. The Morgan fingerprint density at radius 2 is 1.93 bits per heavy atom. The van der Waals surface area contributed by atoms with Crippen molar-refractivity contribution in [2.45, 2.75) is 38.3 Å². The molecular weight excluding hydrogens is 361 g/mol. The Bertz CT molecular complexity index is 959. The minimum atomic E-state index is -0.612. The van der Waals surface area contributed by atoms with Crippen LogP contribution in [0.15, 0.2) is 43.0 Å². The maximum absolute atomic E-state index is 14.5. The molecular formula is C19H20FN7O.